The molecule has 0 fully saturated rings. The highest BCUT2D eigenvalue weighted by Gasteiger charge is 2.28. The molecule has 1 aliphatic heterocycles. The number of anilines is 2. The maximum Gasteiger partial charge on any atom is 0.257 e. The van der Waals surface area contributed by atoms with E-state index in [2.05, 4.69) is 5.32 Å². The van der Waals surface area contributed by atoms with Crippen molar-refractivity contribution < 1.29 is 14.7 Å². The molecular weight excluding hydrogens is 270 g/mol. The number of carbonyl (C=O) groups excluding carboxylic acids is 2. The topological polar surface area (TPSA) is 72.9 Å². The third-order valence-corrected chi connectivity index (χ3v) is 3.77. The van der Waals surface area contributed by atoms with Crippen LogP contribution in [0, 0.1) is 0 Å². The van der Waals surface area contributed by atoms with Crippen molar-refractivity contribution >= 4 is 23.2 Å². The van der Waals surface area contributed by atoms with E-state index in [0.29, 0.717) is 24.3 Å². The average molecular weight is 291 g/mol. The summed E-state index contributed by atoms with van der Waals surface area (Å²) in [5.74, 6) is -0.351. The molecule has 114 valence electrons. The Hall–Kier alpha value is -2.08. The second kappa shape index (κ2) is 6.13. The van der Waals surface area contributed by atoms with Crippen LogP contribution >= 0.6 is 0 Å². The lowest BCUT2D eigenvalue weighted by Crippen LogP contribution is -2.38. The van der Waals surface area contributed by atoms with E-state index in [4.69, 9.17) is 0 Å². The Labute approximate surface area is 124 Å². The lowest BCUT2D eigenvalue weighted by molar-refractivity contribution is -0.129. The molecule has 0 aromatic heterocycles. The highest BCUT2D eigenvalue weighted by molar-refractivity contribution is 6.02. The Morgan fingerprint density at radius 1 is 1.33 bits per heavy atom. The normalized spacial score (nSPS) is 16.4. The summed E-state index contributed by atoms with van der Waals surface area (Å²) in [5, 5.41) is 12.3. The van der Waals surface area contributed by atoms with Crippen LogP contribution in [0.2, 0.25) is 0 Å². The van der Waals surface area contributed by atoms with Gasteiger partial charge in [-0.2, -0.15) is 0 Å². The number of likely N-dealkylation sites (N-methyl/N-ethyl adjacent to an activating group) is 2. The van der Waals surface area contributed by atoms with Gasteiger partial charge in [-0.3, -0.25) is 9.59 Å². The molecule has 0 spiro atoms. The fourth-order valence-electron chi connectivity index (χ4n) is 2.44. The van der Waals surface area contributed by atoms with Gasteiger partial charge in [-0.15, -0.1) is 0 Å². The molecular formula is C15H21N3O3. The van der Waals surface area contributed by atoms with Gasteiger partial charge in [0.2, 0.25) is 5.91 Å². The number of aliphatic hydroxyl groups is 1. The Morgan fingerprint density at radius 3 is 2.62 bits per heavy atom. The summed E-state index contributed by atoms with van der Waals surface area (Å²) in [5.41, 5.74) is 2.00. The van der Waals surface area contributed by atoms with Crippen molar-refractivity contribution in [3.8, 4) is 0 Å². The van der Waals surface area contributed by atoms with Crippen molar-refractivity contribution in [3.05, 3.63) is 23.8 Å². The van der Waals surface area contributed by atoms with Crippen molar-refractivity contribution in [1.82, 2.24) is 4.90 Å². The predicted molar refractivity (Wildman–Crippen MR) is 81.2 cm³/mol. The van der Waals surface area contributed by atoms with Gasteiger partial charge in [0.1, 0.15) is 0 Å². The first-order chi connectivity index (χ1) is 9.97. The average Bonchev–Trinajstić information content (AvgIpc) is 2.74. The molecule has 1 aliphatic rings. The number of nitrogens with zero attached hydrogens (tertiary/aromatic N) is 2. The van der Waals surface area contributed by atoms with E-state index < -0.39 is 12.0 Å². The van der Waals surface area contributed by atoms with Crippen molar-refractivity contribution in [3.63, 3.8) is 0 Å². The molecule has 2 N–H and O–H groups in total. The SMILES string of the molecule is CCN(CC)C(=O)CN(C)c1ccc2c(c1)NC(=O)C2O. The van der Waals surface area contributed by atoms with Crippen molar-refractivity contribution in [1.29, 1.82) is 0 Å². The Kier molecular flexibility index (Phi) is 4.47. The summed E-state index contributed by atoms with van der Waals surface area (Å²) in [6, 6.07) is 5.29. The summed E-state index contributed by atoms with van der Waals surface area (Å²) in [6.45, 7) is 5.56. The molecule has 0 saturated heterocycles. The van der Waals surface area contributed by atoms with Gasteiger partial charge in [-0.1, -0.05) is 6.07 Å². The molecule has 2 rings (SSSR count). The van der Waals surface area contributed by atoms with Gasteiger partial charge in [-0.25, -0.2) is 0 Å². The molecule has 1 heterocycles. The molecule has 0 radical (unpaired) electrons. The number of hydrogen-bond donors (Lipinski definition) is 2. The van der Waals surface area contributed by atoms with E-state index in [0.717, 1.165) is 5.69 Å². The van der Waals surface area contributed by atoms with Crippen LogP contribution in [0.25, 0.3) is 0 Å². The maximum absolute atomic E-state index is 12.1. The van der Waals surface area contributed by atoms with Crippen molar-refractivity contribution in [2.45, 2.75) is 20.0 Å². The largest absolute Gasteiger partial charge is 0.378 e. The summed E-state index contributed by atoms with van der Waals surface area (Å²) >= 11 is 0. The zero-order chi connectivity index (χ0) is 15.6. The number of carbonyl (C=O) groups is 2. The first kappa shape index (κ1) is 15.3. The van der Waals surface area contributed by atoms with Crippen LogP contribution in [-0.2, 0) is 9.59 Å². The van der Waals surface area contributed by atoms with Crippen LogP contribution < -0.4 is 10.2 Å². The predicted octanol–water partition coefficient (Wildman–Crippen LogP) is 0.977. The third kappa shape index (κ3) is 3.00. The number of rotatable bonds is 5. The van der Waals surface area contributed by atoms with Gasteiger partial charge in [-0.05, 0) is 26.0 Å². The van der Waals surface area contributed by atoms with Crippen LogP contribution in [-0.4, -0.2) is 48.5 Å². The number of aliphatic hydroxyl groups excluding tert-OH is 1. The minimum atomic E-state index is -1.10. The Bertz CT molecular complexity index is 555. The van der Waals surface area contributed by atoms with E-state index in [1.807, 2.05) is 25.8 Å². The van der Waals surface area contributed by atoms with Crippen LogP contribution in [0.4, 0.5) is 11.4 Å². The second-order valence-corrected chi connectivity index (χ2v) is 5.09. The first-order valence-corrected chi connectivity index (χ1v) is 7.09. The van der Waals surface area contributed by atoms with Gasteiger partial charge in [0, 0.05) is 37.1 Å². The van der Waals surface area contributed by atoms with Crippen LogP contribution in [0.5, 0.6) is 0 Å². The number of hydrogen-bond acceptors (Lipinski definition) is 4. The molecule has 6 heteroatoms. The standard InChI is InChI=1S/C15H21N3O3/c1-4-18(5-2)13(19)9-17(3)10-6-7-11-12(8-10)16-15(21)14(11)20/h6-8,14,20H,4-5,9H2,1-3H3,(H,16,21). The Balaban J connectivity index is 2.11. The second-order valence-electron chi connectivity index (χ2n) is 5.09. The molecule has 1 aromatic carbocycles. The number of fused-ring (bicyclic) bond motifs is 1. The number of nitrogens with one attached hydrogen (secondary N) is 1. The van der Waals surface area contributed by atoms with Gasteiger partial charge in [0.05, 0.1) is 6.54 Å². The van der Waals surface area contributed by atoms with Crippen LogP contribution in [0.1, 0.15) is 25.5 Å². The van der Waals surface area contributed by atoms with Crippen molar-refractivity contribution in [2.24, 2.45) is 0 Å². The minimum absolute atomic E-state index is 0.0621. The van der Waals surface area contributed by atoms with Gasteiger partial charge >= 0.3 is 0 Å². The van der Waals surface area contributed by atoms with Crippen molar-refractivity contribution in [2.75, 3.05) is 36.9 Å². The summed E-state index contributed by atoms with van der Waals surface area (Å²) < 4.78 is 0. The molecule has 1 unspecified atom stereocenters. The highest BCUT2D eigenvalue weighted by Crippen LogP contribution is 2.33. The summed E-state index contributed by atoms with van der Waals surface area (Å²) in [4.78, 5) is 27.1. The third-order valence-electron chi connectivity index (χ3n) is 3.77. The molecule has 0 bridgehead atoms. The number of amides is 2. The molecule has 21 heavy (non-hydrogen) atoms. The zero-order valence-corrected chi connectivity index (χ0v) is 12.6. The monoisotopic (exact) mass is 291 g/mol. The highest BCUT2D eigenvalue weighted by atomic mass is 16.3. The molecule has 1 atom stereocenters. The smallest absolute Gasteiger partial charge is 0.257 e. The van der Waals surface area contributed by atoms with E-state index in [1.165, 1.54) is 0 Å². The lowest BCUT2D eigenvalue weighted by atomic mass is 10.1. The molecule has 1 aromatic rings. The minimum Gasteiger partial charge on any atom is -0.378 e. The van der Waals surface area contributed by atoms with E-state index in [-0.39, 0.29) is 12.5 Å². The zero-order valence-electron chi connectivity index (χ0n) is 12.6. The van der Waals surface area contributed by atoms with E-state index in [1.54, 1.807) is 23.1 Å². The molecule has 0 saturated carbocycles. The van der Waals surface area contributed by atoms with Gasteiger partial charge in [0.25, 0.3) is 5.91 Å². The Morgan fingerprint density at radius 2 is 2.00 bits per heavy atom. The summed E-state index contributed by atoms with van der Waals surface area (Å²) in [6.07, 6.45) is -1.10. The van der Waals surface area contributed by atoms with E-state index in [9.17, 15) is 14.7 Å². The molecule has 2 amide bonds. The molecule has 6 nitrogen and oxygen atoms in total. The van der Waals surface area contributed by atoms with Gasteiger partial charge in [0.15, 0.2) is 6.10 Å². The van der Waals surface area contributed by atoms with Crippen LogP contribution in [0.3, 0.4) is 0 Å². The fourth-order valence-corrected chi connectivity index (χ4v) is 2.44. The quantitative estimate of drug-likeness (QED) is 0.848. The van der Waals surface area contributed by atoms with Gasteiger partial charge < -0.3 is 20.2 Å². The summed E-state index contributed by atoms with van der Waals surface area (Å²) in [7, 11) is 1.83. The number of benzene rings is 1. The maximum atomic E-state index is 12.1. The fraction of sp³-hybridized carbons (Fsp3) is 0.467. The molecule has 0 aliphatic carbocycles. The lowest BCUT2D eigenvalue weighted by Gasteiger charge is -2.24. The van der Waals surface area contributed by atoms with Crippen LogP contribution in [0.15, 0.2) is 18.2 Å². The first-order valence-electron chi connectivity index (χ1n) is 7.09. The van der Waals surface area contributed by atoms with E-state index >= 15 is 0 Å².